The van der Waals surface area contributed by atoms with E-state index in [4.69, 9.17) is 0 Å². The minimum atomic E-state index is -3.48. The van der Waals surface area contributed by atoms with E-state index < -0.39 is 10.2 Å². The molecule has 1 aliphatic rings. The zero-order valence-corrected chi connectivity index (χ0v) is 16.8. The molecule has 1 aromatic carbocycles. The quantitative estimate of drug-likeness (QED) is 0.813. The molecule has 1 heterocycles. The molecule has 8 heteroatoms. The third-order valence-electron chi connectivity index (χ3n) is 4.80. The first-order chi connectivity index (χ1) is 12.2. The number of amides is 1. The number of benzene rings is 1. The first-order valence-electron chi connectivity index (χ1n) is 9.09. The highest BCUT2D eigenvalue weighted by atomic mass is 32.2. The molecule has 1 aliphatic heterocycles. The maximum Gasteiger partial charge on any atom is 0.282 e. The van der Waals surface area contributed by atoms with Crippen LogP contribution in [-0.4, -0.2) is 72.2 Å². The van der Waals surface area contributed by atoms with Crippen LogP contribution in [0, 0.1) is 0 Å². The number of carbonyl (C=O) groups is 1. The molecule has 0 unspecified atom stereocenters. The fourth-order valence-electron chi connectivity index (χ4n) is 3.09. The van der Waals surface area contributed by atoms with Crippen molar-refractivity contribution in [3.63, 3.8) is 0 Å². The number of carbonyl (C=O) groups excluding carboxylic acids is 1. The Morgan fingerprint density at radius 1 is 1.15 bits per heavy atom. The summed E-state index contributed by atoms with van der Waals surface area (Å²) < 4.78 is 28.0. The summed E-state index contributed by atoms with van der Waals surface area (Å²) in [5, 5.41) is 10.1. The minimum absolute atomic E-state index is 0.0439. The summed E-state index contributed by atoms with van der Waals surface area (Å²) in [5.74, 6) is -0.0549. The fraction of sp³-hybridized carbons (Fsp3) is 0.611. The summed E-state index contributed by atoms with van der Waals surface area (Å²) in [6, 6.07) is 5.08. The topological polar surface area (TPSA) is 81.2 Å². The Balaban J connectivity index is 2.11. The lowest BCUT2D eigenvalue weighted by Gasteiger charge is -2.36. The maximum absolute atomic E-state index is 12.8. The van der Waals surface area contributed by atoms with Crippen LogP contribution in [0.2, 0.25) is 0 Å². The van der Waals surface area contributed by atoms with Crippen LogP contribution in [0.4, 0.5) is 0 Å². The van der Waals surface area contributed by atoms with Crippen molar-refractivity contribution in [3.05, 3.63) is 29.3 Å². The molecule has 1 fully saturated rings. The lowest BCUT2D eigenvalue weighted by molar-refractivity contribution is 0.0691. The summed E-state index contributed by atoms with van der Waals surface area (Å²) in [7, 11) is -3.48. The van der Waals surface area contributed by atoms with Crippen LogP contribution in [0.15, 0.2) is 18.2 Å². The summed E-state index contributed by atoms with van der Waals surface area (Å²) in [6.45, 7) is 9.66. The van der Waals surface area contributed by atoms with Crippen LogP contribution in [0.3, 0.4) is 0 Å². The summed E-state index contributed by atoms with van der Waals surface area (Å²) >= 11 is 0. The van der Waals surface area contributed by atoms with Crippen molar-refractivity contribution >= 4 is 16.1 Å². The van der Waals surface area contributed by atoms with E-state index >= 15 is 0 Å². The fourth-order valence-corrected chi connectivity index (χ4v) is 4.69. The van der Waals surface area contributed by atoms with Gasteiger partial charge in [0.1, 0.15) is 5.75 Å². The molecule has 2 rings (SSSR count). The number of hydrogen-bond acceptors (Lipinski definition) is 4. The van der Waals surface area contributed by atoms with Gasteiger partial charge < -0.3 is 10.0 Å². The predicted molar refractivity (Wildman–Crippen MR) is 102 cm³/mol. The molecule has 146 valence electrons. The Labute approximate surface area is 156 Å². The molecule has 0 aromatic heterocycles. The molecule has 1 N–H and O–H groups in total. The van der Waals surface area contributed by atoms with Crippen LogP contribution >= 0.6 is 0 Å². The van der Waals surface area contributed by atoms with E-state index in [9.17, 15) is 18.3 Å². The Morgan fingerprint density at radius 3 is 2.23 bits per heavy atom. The van der Waals surface area contributed by atoms with Gasteiger partial charge in [-0.25, -0.2) is 0 Å². The van der Waals surface area contributed by atoms with E-state index in [1.807, 2.05) is 33.8 Å². The van der Waals surface area contributed by atoms with Crippen molar-refractivity contribution in [1.29, 1.82) is 0 Å². The van der Waals surface area contributed by atoms with Gasteiger partial charge >= 0.3 is 0 Å². The Morgan fingerprint density at radius 2 is 1.73 bits per heavy atom. The molecular formula is C18H29N3O4S. The average Bonchev–Trinajstić information content (AvgIpc) is 2.62. The van der Waals surface area contributed by atoms with Crippen molar-refractivity contribution in [3.8, 4) is 5.75 Å². The van der Waals surface area contributed by atoms with E-state index in [1.54, 1.807) is 17.0 Å². The molecular weight excluding hydrogens is 354 g/mol. The zero-order valence-electron chi connectivity index (χ0n) is 16.0. The third kappa shape index (κ3) is 4.19. The molecule has 0 spiro atoms. The highest BCUT2D eigenvalue weighted by Gasteiger charge is 2.32. The van der Waals surface area contributed by atoms with Crippen LogP contribution in [0.1, 0.15) is 49.5 Å². The monoisotopic (exact) mass is 383 g/mol. The van der Waals surface area contributed by atoms with Crippen molar-refractivity contribution in [2.24, 2.45) is 0 Å². The first-order valence-corrected chi connectivity index (χ1v) is 10.5. The smallest absolute Gasteiger partial charge is 0.282 e. The number of hydrogen-bond donors (Lipinski definition) is 1. The second kappa shape index (κ2) is 8.37. The molecule has 0 radical (unpaired) electrons. The highest BCUT2D eigenvalue weighted by molar-refractivity contribution is 7.86. The van der Waals surface area contributed by atoms with Gasteiger partial charge in [0, 0.05) is 39.3 Å². The second-order valence-corrected chi connectivity index (χ2v) is 8.64. The SMILES string of the molecule is CCN(CC)S(=O)(=O)N1CCN(C(=O)c2cc(C(C)C)ccc2O)CC1. The number of rotatable bonds is 6. The highest BCUT2D eigenvalue weighted by Crippen LogP contribution is 2.25. The average molecular weight is 384 g/mol. The normalized spacial score (nSPS) is 16.5. The Hall–Kier alpha value is -1.64. The lowest BCUT2D eigenvalue weighted by atomic mass is 9.99. The first kappa shape index (κ1) is 20.7. The standard InChI is InChI=1S/C18H29N3O4S/c1-5-20(6-2)26(24,25)21-11-9-19(10-12-21)18(23)16-13-15(14(3)4)7-8-17(16)22/h7-8,13-14,22H,5-6,9-12H2,1-4H3. The van der Waals surface area contributed by atoms with Crippen LogP contribution in [-0.2, 0) is 10.2 Å². The predicted octanol–water partition coefficient (Wildman–Crippen LogP) is 1.86. The van der Waals surface area contributed by atoms with Crippen molar-refractivity contribution in [2.75, 3.05) is 39.3 Å². The molecule has 0 saturated carbocycles. The Kier molecular flexibility index (Phi) is 6.65. The summed E-state index contributed by atoms with van der Waals surface area (Å²) in [6.07, 6.45) is 0. The summed E-state index contributed by atoms with van der Waals surface area (Å²) in [4.78, 5) is 14.4. The van der Waals surface area contributed by atoms with Gasteiger partial charge in [0.15, 0.2) is 0 Å². The minimum Gasteiger partial charge on any atom is -0.507 e. The number of nitrogens with zero attached hydrogens (tertiary/aromatic N) is 3. The van der Waals surface area contributed by atoms with Gasteiger partial charge in [-0.1, -0.05) is 33.8 Å². The van der Waals surface area contributed by atoms with Gasteiger partial charge in [-0.15, -0.1) is 0 Å². The van der Waals surface area contributed by atoms with Crippen molar-refractivity contribution in [1.82, 2.24) is 13.5 Å². The largest absolute Gasteiger partial charge is 0.507 e. The lowest BCUT2D eigenvalue weighted by Crippen LogP contribution is -2.54. The van der Waals surface area contributed by atoms with Gasteiger partial charge in [0.25, 0.3) is 16.1 Å². The number of phenols is 1. The Bertz CT molecular complexity index is 737. The molecule has 0 aliphatic carbocycles. The van der Waals surface area contributed by atoms with Crippen LogP contribution in [0.5, 0.6) is 5.75 Å². The molecule has 0 bridgehead atoms. The molecule has 26 heavy (non-hydrogen) atoms. The van der Waals surface area contributed by atoms with Crippen LogP contribution in [0.25, 0.3) is 0 Å². The molecule has 1 saturated heterocycles. The maximum atomic E-state index is 12.8. The molecule has 1 aromatic rings. The number of aromatic hydroxyl groups is 1. The van der Waals surface area contributed by atoms with Gasteiger partial charge in [-0.05, 0) is 23.6 Å². The van der Waals surface area contributed by atoms with E-state index in [0.29, 0.717) is 26.2 Å². The van der Waals surface area contributed by atoms with Gasteiger partial charge in [0.05, 0.1) is 5.56 Å². The third-order valence-corrected chi connectivity index (χ3v) is 6.99. The van der Waals surface area contributed by atoms with E-state index in [0.717, 1.165) is 5.56 Å². The molecule has 1 amide bonds. The van der Waals surface area contributed by atoms with E-state index in [1.165, 1.54) is 8.61 Å². The van der Waals surface area contributed by atoms with E-state index in [2.05, 4.69) is 0 Å². The van der Waals surface area contributed by atoms with E-state index in [-0.39, 0.29) is 36.2 Å². The molecule has 7 nitrogen and oxygen atoms in total. The van der Waals surface area contributed by atoms with Gasteiger partial charge in [-0.3, -0.25) is 4.79 Å². The van der Waals surface area contributed by atoms with Crippen LogP contribution < -0.4 is 0 Å². The van der Waals surface area contributed by atoms with Crippen molar-refractivity contribution in [2.45, 2.75) is 33.6 Å². The number of piperazine rings is 1. The van der Waals surface area contributed by atoms with Gasteiger partial charge in [-0.2, -0.15) is 17.0 Å². The second-order valence-electron chi connectivity index (χ2n) is 6.71. The summed E-state index contributed by atoms with van der Waals surface area (Å²) in [5.41, 5.74) is 1.25. The zero-order chi connectivity index (χ0) is 19.5. The number of phenolic OH excluding ortho intramolecular Hbond substituents is 1. The van der Waals surface area contributed by atoms with Crippen molar-refractivity contribution < 1.29 is 18.3 Å². The van der Waals surface area contributed by atoms with Gasteiger partial charge in [0.2, 0.25) is 0 Å². The molecule has 0 atom stereocenters.